The molecule has 0 saturated carbocycles. The van der Waals surface area contributed by atoms with Crippen molar-refractivity contribution in [3.8, 4) is 0 Å². The maximum Gasteiger partial charge on any atom is 4.00 e. The fourth-order valence-electron chi connectivity index (χ4n) is 3.58. The van der Waals surface area contributed by atoms with E-state index in [0.29, 0.717) is 0 Å². The number of hydrogen-bond donors (Lipinski definition) is 10. The van der Waals surface area contributed by atoms with Gasteiger partial charge < -0.3 is 149 Å². The normalized spacial score (nSPS) is 10.4. The Hall–Kier alpha value is -6.78. The van der Waals surface area contributed by atoms with E-state index in [-0.39, 0.29) is 226 Å². The summed E-state index contributed by atoms with van der Waals surface area (Å²) in [6.07, 6.45) is 0. The van der Waals surface area contributed by atoms with E-state index in [9.17, 15) is 47.9 Å². The molecule has 0 unspecified atom stereocenters. The van der Waals surface area contributed by atoms with E-state index in [2.05, 4.69) is 51.6 Å². The molecular formula is C43H59Fe6N10O20-. The molecule has 0 bridgehead atoms. The fraction of sp³-hybridized carbons (Fsp3) is 0. The number of benzene rings is 5. The SMILES string of the molecule is O=c1ccc(=NO)c(=O)c1=NO.O=c1ccc(=NO)c(=O)c1=NO.O=c1ccc(=NO)c(=O)c1=NO.O=c1ccc(=NO)c(=O)c1=NO.O=c1ccc(=NO)c(=O)c1=NO.[CH3-].[CH3-].[CH3-].[CH3-].[CH3-].[CH3-].[CH3-].[CH3-].[CH3-].[CH3-].[CH3-].[CH3-].[CH3-].[Fe+4].[Fe+4].[Fe+4].[Fe].[Fe].[Fe]. The first-order valence-corrected chi connectivity index (χ1v) is 14.6. The summed E-state index contributed by atoms with van der Waals surface area (Å²) in [6.45, 7) is 0. The van der Waals surface area contributed by atoms with Crippen molar-refractivity contribution in [1.82, 2.24) is 0 Å². The van der Waals surface area contributed by atoms with E-state index in [0.717, 1.165) is 60.7 Å². The Labute approximate surface area is 515 Å². The minimum atomic E-state index is -0.896. The largest absolute Gasteiger partial charge is 4.00 e. The first kappa shape index (κ1) is 129. The molecule has 0 aliphatic rings. The molecule has 0 aromatic heterocycles. The van der Waals surface area contributed by atoms with Gasteiger partial charge in [-0.15, -0.1) is 0 Å². The molecule has 0 spiro atoms. The van der Waals surface area contributed by atoms with Crippen LogP contribution in [-0.2, 0) is 102 Å². The monoisotopic (exact) mass is 1370 g/mol. The van der Waals surface area contributed by atoms with Gasteiger partial charge in [-0.05, 0) is 60.7 Å². The van der Waals surface area contributed by atoms with E-state index in [1.807, 2.05) is 0 Å². The standard InChI is InChI=1S/5C6H4N2O4.13CH3.6Fe/c5*9-4-2-1-3(7-11)6(10)5(4)8-12;;;;;;;;;;;;;;;;;;;/h5*1-2,11-12H;13*1H3;;;;;;/q;;;;;13*-1;;;;3*+4. The van der Waals surface area contributed by atoms with E-state index >= 15 is 0 Å². The van der Waals surface area contributed by atoms with Gasteiger partial charge >= 0.3 is 51.2 Å². The van der Waals surface area contributed by atoms with E-state index < -0.39 is 81.1 Å². The van der Waals surface area contributed by atoms with Gasteiger partial charge in [-0.2, -0.15) is 0 Å². The predicted octanol–water partition coefficient (Wildman–Crippen LogP) is -4.85. The van der Waals surface area contributed by atoms with Crippen LogP contribution in [0.4, 0.5) is 0 Å². The molecule has 36 heteroatoms. The molecule has 0 amide bonds. The maximum atomic E-state index is 10.9. The molecule has 0 fully saturated rings. The summed E-state index contributed by atoms with van der Waals surface area (Å²) in [5, 5.41) is 103. The number of rotatable bonds is 0. The summed E-state index contributed by atoms with van der Waals surface area (Å²) >= 11 is 0. The molecule has 5 aromatic rings. The zero-order valence-electron chi connectivity index (χ0n) is 43.9. The van der Waals surface area contributed by atoms with Gasteiger partial charge in [-0.3, -0.25) is 47.9 Å². The molecule has 0 heterocycles. The molecule has 0 atom stereocenters. The van der Waals surface area contributed by atoms with E-state index in [1.165, 1.54) is 0 Å². The zero-order chi connectivity index (χ0) is 45.7. The van der Waals surface area contributed by atoms with Crippen molar-refractivity contribution >= 4 is 0 Å². The Kier molecular flexibility index (Phi) is 107. The van der Waals surface area contributed by atoms with Crippen LogP contribution in [0.2, 0.25) is 0 Å². The predicted molar refractivity (Wildman–Crippen MR) is 264 cm³/mol. The molecule has 5 aromatic carbocycles. The van der Waals surface area contributed by atoms with Crippen LogP contribution < -0.4 is 108 Å². The van der Waals surface area contributed by atoms with Crippen molar-refractivity contribution < 1.29 is 154 Å². The van der Waals surface area contributed by atoms with Crippen molar-refractivity contribution in [3.05, 3.63) is 313 Å². The van der Waals surface area contributed by atoms with Crippen molar-refractivity contribution in [2.75, 3.05) is 0 Å². The Balaban J connectivity index is -0.0000000316. The second kappa shape index (κ2) is 65.5. The van der Waals surface area contributed by atoms with Crippen LogP contribution in [0.5, 0.6) is 0 Å². The quantitative estimate of drug-likeness (QED) is 0.0301. The molecule has 450 valence electrons. The molecule has 0 saturated heterocycles. The Morgan fingerprint density at radius 2 is 0.304 bits per heavy atom. The number of hydrogen-bond acceptors (Lipinski definition) is 30. The molecular weight excluding hydrogens is 1310 g/mol. The van der Waals surface area contributed by atoms with Gasteiger partial charge in [-0.25, -0.2) is 0 Å². The zero-order valence-corrected chi connectivity index (χ0v) is 50.5. The van der Waals surface area contributed by atoms with E-state index in [4.69, 9.17) is 52.1 Å². The van der Waals surface area contributed by atoms with Crippen LogP contribution in [-0.4, -0.2) is 52.1 Å². The summed E-state index contributed by atoms with van der Waals surface area (Å²) in [5.74, 6) is 0. The Morgan fingerprint density at radius 1 is 0.203 bits per heavy atom. The first-order valence-electron chi connectivity index (χ1n) is 14.6. The van der Waals surface area contributed by atoms with Gasteiger partial charge in [0.2, 0.25) is 54.3 Å². The second-order valence-corrected chi connectivity index (χ2v) is 9.80. The summed E-state index contributed by atoms with van der Waals surface area (Å²) in [7, 11) is 0. The van der Waals surface area contributed by atoms with Crippen LogP contribution in [0, 0.1) is 96.5 Å². The van der Waals surface area contributed by atoms with Crippen molar-refractivity contribution in [2.45, 2.75) is 0 Å². The van der Waals surface area contributed by atoms with Crippen LogP contribution in [0.15, 0.2) is 160 Å². The third-order valence-corrected chi connectivity index (χ3v) is 6.41. The summed E-state index contributed by atoms with van der Waals surface area (Å²) in [5.41, 5.74) is -8.04. The van der Waals surface area contributed by atoms with Crippen molar-refractivity contribution in [3.63, 3.8) is 0 Å². The smallest absolute Gasteiger partial charge is 0.410 e. The molecule has 30 nitrogen and oxygen atoms in total. The average molecular weight is 1370 g/mol. The van der Waals surface area contributed by atoms with Crippen LogP contribution in [0.25, 0.3) is 0 Å². The van der Waals surface area contributed by atoms with Crippen LogP contribution in [0.3, 0.4) is 0 Å². The van der Waals surface area contributed by atoms with Gasteiger partial charge in [0.25, 0.3) is 0 Å². The minimum absolute atomic E-state index is 0. The Bertz CT molecular complexity index is 3070. The second-order valence-electron chi connectivity index (χ2n) is 9.80. The molecule has 10 N–H and O–H groups in total. The summed E-state index contributed by atoms with van der Waals surface area (Å²) in [6, 6.07) is 10.1. The molecule has 0 aliphatic heterocycles. The van der Waals surface area contributed by atoms with Crippen LogP contribution in [0.1, 0.15) is 0 Å². The van der Waals surface area contributed by atoms with E-state index in [1.54, 1.807) is 0 Å². The van der Waals surface area contributed by atoms with Gasteiger partial charge in [0, 0.05) is 51.2 Å². The van der Waals surface area contributed by atoms with Gasteiger partial charge in [0.15, 0.2) is 53.6 Å². The summed E-state index contributed by atoms with van der Waals surface area (Å²) in [4.78, 5) is 109. The van der Waals surface area contributed by atoms with Gasteiger partial charge in [-0.1, -0.05) is 51.6 Å². The van der Waals surface area contributed by atoms with Crippen LogP contribution >= 0.6 is 0 Å². The van der Waals surface area contributed by atoms with Gasteiger partial charge in [0.1, 0.15) is 0 Å². The summed E-state index contributed by atoms with van der Waals surface area (Å²) < 4.78 is 0. The van der Waals surface area contributed by atoms with Crippen molar-refractivity contribution in [1.29, 1.82) is 0 Å². The third kappa shape index (κ3) is 35.4. The fourth-order valence-corrected chi connectivity index (χ4v) is 3.58. The first-order chi connectivity index (χ1) is 28.5. The van der Waals surface area contributed by atoms with Crippen molar-refractivity contribution in [2.24, 2.45) is 51.6 Å². The third-order valence-electron chi connectivity index (χ3n) is 6.41. The minimum Gasteiger partial charge on any atom is -0.410 e. The maximum absolute atomic E-state index is 10.9. The molecule has 0 radical (unpaired) electrons. The topological polar surface area (TPSA) is 497 Å². The van der Waals surface area contributed by atoms with Gasteiger partial charge in [0.05, 0.1) is 0 Å². The molecule has 5 rings (SSSR count). The Morgan fingerprint density at radius 3 is 0.380 bits per heavy atom. The molecule has 79 heavy (non-hydrogen) atoms. The molecule has 0 aliphatic carbocycles. The average Bonchev–Trinajstić information content (AvgIpc) is 3.23. The number of nitrogens with zero attached hydrogens (tertiary/aromatic N) is 10.